The van der Waals surface area contributed by atoms with Crippen LogP contribution in [-0.4, -0.2) is 24.4 Å². The van der Waals surface area contributed by atoms with E-state index in [2.05, 4.69) is 13.8 Å². The predicted molar refractivity (Wildman–Crippen MR) is 70.8 cm³/mol. The van der Waals surface area contributed by atoms with E-state index in [1.165, 1.54) is 0 Å². The number of rotatable bonds is 3. The highest BCUT2D eigenvalue weighted by atomic mass is 16.5. The Bertz CT molecular complexity index is 418. The van der Waals surface area contributed by atoms with Crippen LogP contribution in [0.5, 0.6) is 5.75 Å². The summed E-state index contributed by atoms with van der Waals surface area (Å²) in [6.07, 6.45) is 2.17. The summed E-state index contributed by atoms with van der Waals surface area (Å²) >= 11 is 0. The van der Waals surface area contributed by atoms with Crippen molar-refractivity contribution in [3.8, 4) is 5.75 Å². The zero-order valence-electron chi connectivity index (χ0n) is 11.4. The van der Waals surface area contributed by atoms with Crippen molar-refractivity contribution in [3.05, 3.63) is 29.8 Å². The van der Waals surface area contributed by atoms with E-state index < -0.39 is 5.60 Å². The molecule has 18 heavy (non-hydrogen) atoms. The Morgan fingerprint density at radius 3 is 2.89 bits per heavy atom. The Kier molecular flexibility index (Phi) is 3.64. The summed E-state index contributed by atoms with van der Waals surface area (Å²) in [6.45, 7) is 4.76. The summed E-state index contributed by atoms with van der Waals surface area (Å²) in [5.41, 5.74) is -0.127. The first kappa shape index (κ1) is 13.4. The molecule has 3 heteroatoms. The summed E-state index contributed by atoms with van der Waals surface area (Å²) in [4.78, 5) is 0. The number of hydrogen-bond acceptors (Lipinski definition) is 3. The maximum absolute atomic E-state index is 10.9. The van der Waals surface area contributed by atoms with Crippen molar-refractivity contribution in [2.24, 2.45) is 0 Å². The molecular weight excluding hydrogens is 228 g/mol. The van der Waals surface area contributed by atoms with Gasteiger partial charge in [0.25, 0.3) is 0 Å². The zero-order chi connectivity index (χ0) is 13.2. The highest BCUT2D eigenvalue weighted by Gasteiger charge is 2.42. The van der Waals surface area contributed by atoms with Crippen molar-refractivity contribution in [2.75, 3.05) is 13.7 Å². The lowest BCUT2D eigenvalue weighted by atomic mass is 9.77. The fourth-order valence-electron chi connectivity index (χ4n) is 2.61. The summed E-state index contributed by atoms with van der Waals surface area (Å²) in [5.74, 6) is 0.783. The lowest BCUT2D eigenvalue weighted by Gasteiger charge is -2.43. The van der Waals surface area contributed by atoms with Gasteiger partial charge >= 0.3 is 0 Å². The second-order valence-electron chi connectivity index (χ2n) is 5.34. The maximum atomic E-state index is 10.9. The molecule has 0 aliphatic carbocycles. The first-order valence-electron chi connectivity index (χ1n) is 6.52. The van der Waals surface area contributed by atoms with Crippen molar-refractivity contribution in [1.82, 2.24) is 0 Å². The smallest absolute Gasteiger partial charge is 0.119 e. The molecular formula is C15H22O3. The van der Waals surface area contributed by atoms with Gasteiger partial charge < -0.3 is 14.6 Å². The van der Waals surface area contributed by atoms with Gasteiger partial charge in [-0.3, -0.25) is 0 Å². The van der Waals surface area contributed by atoms with E-state index in [0.717, 1.165) is 17.7 Å². The largest absolute Gasteiger partial charge is 0.497 e. The molecule has 100 valence electrons. The number of aliphatic hydroxyl groups is 1. The topological polar surface area (TPSA) is 38.7 Å². The molecule has 0 bridgehead atoms. The van der Waals surface area contributed by atoms with Gasteiger partial charge in [-0.25, -0.2) is 0 Å². The molecule has 1 fully saturated rings. The lowest BCUT2D eigenvalue weighted by molar-refractivity contribution is -0.157. The standard InChI is InChI=1S/C15H22O3/c1-4-14(2)11-15(16,8-9-18-14)12-6-5-7-13(10-12)17-3/h5-7,10,16H,4,8-9,11H2,1-3H3. The maximum Gasteiger partial charge on any atom is 0.119 e. The van der Waals surface area contributed by atoms with Gasteiger partial charge in [0.2, 0.25) is 0 Å². The Balaban J connectivity index is 2.29. The molecule has 0 spiro atoms. The quantitative estimate of drug-likeness (QED) is 0.896. The molecule has 1 N–H and O–H groups in total. The van der Waals surface area contributed by atoms with Crippen molar-refractivity contribution in [1.29, 1.82) is 0 Å². The van der Waals surface area contributed by atoms with Crippen LogP contribution in [0.2, 0.25) is 0 Å². The van der Waals surface area contributed by atoms with Crippen molar-refractivity contribution < 1.29 is 14.6 Å². The summed E-state index contributed by atoms with van der Waals surface area (Å²) in [7, 11) is 1.64. The number of ether oxygens (including phenoxy) is 2. The first-order chi connectivity index (χ1) is 8.51. The average Bonchev–Trinajstić information content (AvgIpc) is 2.39. The number of methoxy groups -OCH3 is 1. The van der Waals surface area contributed by atoms with Crippen LogP contribution in [0.25, 0.3) is 0 Å². The van der Waals surface area contributed by atoms with Crippen LogP contribution < -0.4 is 4.74 Å². The molecule has 0 saturated carbocycles. The highest BCUT2D eigenvalue weighted by Crippen LogP contribution is 2.41. The minimum Gasteiger partial charge on any atom is -0.497 e. The molecule has 1 heterocycles. The van der Waals surface area contributed by atoms with E-state index >= 15 is 0 Å². The third-order valence-electron chi connectivity index (χ3n) is 3.99. The van der Waals surface area contributed by atoms with Crippen LogP contribution in [0.4, 0.5) is 0 Å². The van der Waals surface area contributed by atoms with E-state index in [1.54, 1.807) is 7.11 Å². The van der Waals surface area contributed by atoms with Crippen LogP contribution in [0.15, 0.2) is 24.3 Å². The molecule has 1 aliphatic rings. The van der Waals surface area contributed by atoms with Crippen molar-refractivity contribution in [2.45, 2.75) is 44.3 Å². The number of benzene rings is 1. The van der Waals surface area contributed by atoms with E-state index in [1.807, 2.05) is 24.3 Å². The Hall–Kier alpha value is -1.06. The van der Waals surface area contributed by atoms with Gasteiger partial charge in [-0.15, -0.1) is 0 Å². The van der Waals surface area contributed by atoms with Crippen LogP contribution in [0, 0.1) is 0 Å². The van der Waals surface area contributed by atoms with Crippen molar-refractivity contribution >= 4 is 0 Å². The van der Waals surface area contributed by atoms with E-state index in [-0.39, 0.29) is 5.60 Å². The van der Waals surface area contributed by atoms with Crippen molar-refractivity contribution in [3.63, 3.8) is 0 Å². The molecule has 1 aromatic carbocycles. The first-order valence-corrected chi connectivity index (χ1v) is 6.52. The summed E-state index contributed by atoms with van der Waals surface area (Å²) in [5, 5.41) is 10.9. The van der Waals surface area contributed by atoms with Crippen LogP contribution in [0.3, 0.4) is 0 Å². The van der Waals surface area contributed by atoms with E-state index in [9.17, 15) is 5.11 Å². The minimum absolute atomic E-state index is 0.240. The molecule has 2 atom stereocenters. The Morgan fingerprint density at radius 2 is 2.22 bits per heavy atom. The average molecular weight is 250 g/mol. The summed E-state index contributed by atoms with van der Waals surface area (Å²) in [6, 6.07) is 7.70. The zero-order valence-corrected chi connectivity index (χ0v) is 11.4. The fourth-order valence-corrected chi connectivity index (χ4v) is 2.61. The molecule has 1 aromatic rings. The highest BCUT2D eigenvalue weighted by molar-refractivity contribution is 5.33. The summed E-state index contributed by atoms with van der Waals surface area (Å²) < 4.78 is 11.0. The second kappa shape index (κ2) is 4.90. The molecule has 3 nitrogen and oxygen atoms in total. The van der Waals surface area contributed by atoms with Gasteiger partial charge in [-0.05, 0) is 31.0 Å². The third-order valence-corrected chi connectivity index (χ3v) is 3.99. The fraction of sp³-hybridized carbons (Fsp3) is 0.600. The molecule has 1 aliphatic heterocycles. The van der Waals surface area contributed by atoms with Crippen LogP contribution in [-0.2, 0) is 10.3 Å². The predicted octanol–water partition coefficient (Wildman–Crippen LogP) is 2.86. The van der Waals surface area contributed by atoms with E-state index in [4.69, 9.17) is 9.47 Å². The molecule has 0 aromatic heterocycles. The monoisotopic (exact) mass is 250 g/mol. The number of hydrogen-bond donors (Lipinski definition) is 1. The lowest BCUT2D eigenvalue weighted by Crippen LogP contribution is -2.45. The third kappa shape index (κ3) is 2.52. The SMILES string of the molecule is CCC1(C)CC(O)(c2cccc(OC)c2)CCO1. The second-order valence-corrected chi connectivity index (χ2v) is 5.34. The Labute approximate surface area is 109 Å². The van der Waals surface area contributed by atoms with Gasteiger partial charge in [-0.2, -0.15) is 0 Å². The van der Waals surface area contributed by atoms with E-state index in [0.29, 0.717) is 19.4 Å². The van der Waals surface area contributed by atoms with Gasteiger partial charge in [0.05, 0.1) is 24.9 Å². The van der Waals surface area contributed by atoms with Crippen LogP contribution >= 0.6 is 0 Å². The molecule has 1 saturated heterocycles. The van der Waals surface area contributed by atoms with Gasteiger partial charge in [0, 0.05) is 12.8 Å². The minimum atomic E-state index is -0.808. The Morgan fingerprint density at radius 1 is 1.44 bits per heavy atom. The normalized spacial score (nSPS) is 32.2. The molecule has 0 radical (unpaired) electrons. The molecule has 2 rings (SSSR count). The molecule has 0 amide bonds. The van der Waals surface area contributed by atoms with Gasteiger partial charge in [-0.1, -0.05) is 19.1 Å². The van der Waals surface area contributed by atoms with Gasteiger partial charge in [0.1, 0.15) is 5.75 Å². The van der Waals surface area contributed by atoms with Gasteiger partial charge in [0.15, 0.2) is 0 Å². The van der Waals surface area contributed by atoms with Crippen LogP contribution in [0.1, 0.15) is 38.7 Å². The molecule has 2 unspecified atom stereocenters.